The Balaban J connectivity index is 1.49. The molecule has 200 valence electrons. The van der Waals surface area contributed by atoms with Crippen molar-refractivity contribution in [1.29, 1.82) is 0 Å². The third kappa shape index (κ3) is 6.89. The molecule has 1 aliphatic heterocycles. The van der Waals surface area contributed by atoms with Crippen molar-refractivity contribution in [2.24, 2.45) is 5.73 Å². The molecule has 38 heavy (non-hydrogen) atoms. The highest BCUT2D eigenvalue weighted by molar-refractivity contribution is 7.99. The quantitative estimate of drug-likeness (QED) is 0.314. The van der Waals surface area contributed by atoms with Gasteiger partial charge < -0.3 is 26.4 Å². The van der Waals surface area contributed by atoms with E-state index in [1.165, 1.54) is 28.8 Å². The van der Waals surface area contributed by atoms with Gasteiger partial charge in [-0.1, -0.05) is 42.5 Å². The molecular weight excluding hydrogens is 507 g/mol. The number of nitrogens with two attached hydrogens (primary N) is 1. The summed E-state index contributed by atoms with van der Waals surface area (Å²) < 4.78 is 13.8. The van der Waals surface area contributed by atoms with E-state index in [2.05, 4.69) is 10.6 Å². The summed E-state index contributed by atoms with van der Waals surface area (Å²) in [7, 11) is 0. The largest absolute Gasteiger partial charge is 0.390 e. The van der Waals surface area contributed by atoms with E-state index in [0.717, 1.165) is 16.3 Å². The molecule has 0 aromatic heterocycles. The van der Waals surface area contributed by atoms with Gasteiger partial charge in [0, 0.05) is 49.5 Å². The van der Waals surface area contributed by atoms with Gasteiger partial charge in [-0.15, -0.1) is 11.8 Å². The van der Waals surface area contributed by atoms with Gasteiger partial charge in [0.05, 0.1) is 11.8 Å². The van der Waals surface area contributed by atoms with Crippen molar-refractivity contribution in [1.82, 2.24) is 10.6 Å². The third-order valence-corrected chi connectivity index (χ3v) is 7.44. The summed E-state index contributed by atoms with van der Waals surface area (Å²) in [4.78, 5) is 41.0. The van der Waals surface area contributed by atoms with Gasteiger partial charge >= 0.3 is 0 Å². The Kier molecular flexibility index (Phi) is 9.33. The van der Waals surface area contributed by atoms with E-state index in [0.29, 0.717) is 16.3 Å². The van der Waals surface area contributed by atoms with Crippen LogP contribution in [0.1, 0.15) is 18.4 Å². The number of rotatable bonds is 10. The minimum atomic E-state index is -0.907. The first-order valence-corrected chi connectivity index (χ1v) is 13.5. The fourth-order valence-electron chi connectivity index (χ4n) is 4.39. The molecule has 4 rings (SSSR count). The van der Waals surface area contributed by atoms with Crippen LogP contribution in [-0.4, -0.2) is 60.4 Å². The normalized spacial score (nSPS) is 14.9. The van der Waals surface area contributed by atoms with E-state index in [4.69, 9.17) is 5.73 Å². The zero-order valence-electron chi connectivity index (χ0n) is 20.9. The highest BCUT2D eigenvalue weighted by Crippen LogP contribution is 2.35. The molecule has 0 saturated carbocycles. The van der Waals surface area contributed by atoms with Crippen LogP contribution in [0, 0.1) is 5.82 Å². The molecule has 10 heteroatoms. The van der Waals surface area contributed by atoms with Crippen LogP contribution in [-0.2, 0) is 20.8 Å². The van der Waals surface area contributed by atoms with Crippen LogP contribution in [0.25, 0.3) is 10.8 Å². The second-order valence-electron chi connectivity index (χ2n) is 9.10. The molecule has 5 N–H and O–H groups in total. The van der Waals surface area contributed by atoms with Crippen molar-refractivity contribution in [2.45, 2.75) is 36.3 Å². The van der Waals surface area contributed by atoms with Crippen molar-refractivity contribution >= 4 is 45.9 Å². The van der Waals surface area contributed by atoms with Crippen molar-refractivity contribution in [3.05, 3.63) is 72.0 Å². The summed E-state index contributed by atoms with van der Waals surface area (Å²) in [6.45, 7) is 0.0526. The number of benzene rings is 3. The van der Waals surface area contributed by atoms with E-state index in [9.17, 15) is 23.9 Å². The molecular formula is C28H31FN4O4S. The molecule has 0 bridgehead atoms. The standard InChI is InChI=1S/C28H31FN4O4S/c29-20-8-9-24-25(15-20)38-13-11-27(36)33(24)12-10-26(35)32-23(28(37)31-17-21(34)16-30)14-19-6-3-5-18-4-1-2-7-22(18)19/h1-9,15,21,23,34H,10-14,16-17,30H2,(H,31,37)(H,32,35)/t21?,23-/m1/s1. The molecule has 0 aliphatic carbocycles. The average molecular weight is 539 g/mol. The van der Waals surface area contributed by atoms with E-state index < -0.39 is 24.0 Å². The van der Waals surface area contributed by atoms with Gasteiger partial charge in [0.25, 0.3) is 0 Å². The van der Waals surface area contributed by atoms with Crippen LogP contribution < -0.4 is 21.3 Å². The first-order chi connectivity index (χ1) is 18.4. The zero-order chi connectivity index (χ0) is 27.1. The predicted molar refractivity (Wildman–Crippen MR) is 146 cm³/mol. The lowest BCUT2D eigenvalue weighted by Gasteiger charge is -2.24. The number of amides is 3. The van der Waals surface area contributed by atoms with Crippen molar-refractivity contribution < 1.29 is 23.9 Å². The number of carbonyl (C=O) groups is 3. The lowest BCUT2D eigenvalue weighted by molar-refractivity contribution is -0.129. The molecule has 1 unspecified atom stereocenters. The van der Waals surface area contributed by atoms with E-state index in [1.54, 1.807) is 6.07 Å². The Bertz CT molecular complexity index is 1320. The highest BCUT2D eigenvalue weighted by atomic mass is 32.2. The fourth-order valence-corrected chi connectivity index (χ4v) is 5.41. The van der Waals surface area contributed by atoms with E-state index in [1.807, 2.05) is 42.5 Å². The van der Waals surface area contributed by atoms with Crippen molar-refractivity contribution in [3.8, 4) is 0 Å². The lowest BCUT2D eigenvalue weighted by atomic mass is 9.98. The van der Waals surface area contributed by atoms with Crippen LogP contribution in [0.4, 0.5) is 10.1 Å². The summed E-state index contributed by atoms with van der Waals surface area (Å²) in [6.07, 6.45) is -0.431. The maximum absolute atomic E-state index is 13.8. The first kappa shape index (κ1) is 27.6. The molecule has 1 aliphatic rings. The number of nitrogens with one attached hydrogen (secondary N) is 2. The van der Waals surface area contributed by atoms with E-state index >= 15 is 0 Å². The number of thioether (sulfide) groups is 1. The van der Waals surface area contributed by atoms with Gasteiger partial charge in [0.2, 0.25) is 17.7 Å². The average Bonchev–Trinajstić information content (AvgIpc) is 3.07. The van der Waals surface area contributed by atoms with Gasteiger partial charge in [-0.25, -0.2) is 4.39 Å². The summed E-state index contributed by atoms with van der Waals surface area (Å²) >= 11 is 1.41. The Hall–Kier alpha value is -3.47. The summed E-state index contributed by atoms with van der Waals surface area (Å²) in [5.74, 6) is -0.846. The Labute approximate surface area is 224 Å². The SMILES string of the molecule is NCC(O)CNC(=O)[C@@H](Cc1cccc2ccccc12)NC(=O)CCN1C(=O)CCSc2cc(F)ccc21. The molecule has 0 spiro atoms. The third-order valence-electron chi connectivity index (χ3n) is 6.39. The molecule has 3 aromatic rings. The Morgan fingerprint density at radius 3 is 2.74 bits per heavy atom. The Morgan fingerprint density at radius 1 is 1.13 bits per heavy atom. The number of hydrogen-bond acceptors (Lipinski definition) is 6. The number of anilines is 1. The predicted octanol–water partition coefficient (Wildman–Crippen LogP) is 2.36. The van der Waals surface area contributed by atoms with Crippen LogP contribution in [0.5, 0.6) is 0 Å². The smallest absolute Gasteiger partial charge is 0.243 e. The maximum Gasteiger partial charge on any atom is 0.243 e. The van der Waals surface area contributed by atoms with Gasteiger partial charge in [-0.2, -0.15) is 0 Å². The maximum atomic E-state index is 13.8. The molecule has 8 nitrogen and oxygen atoms in total. The number of carbonyl (C=O) groups excluding carboxylic acids is 3. The van der Waals surface area contributed by atoms with Crippen LogP contribution in [0.3, 0.4) is 0 Å². The minimum Gasteiger partial charge on any atom is -0.390 e. The van der Waals surface area contributed by atoms with Crippen LogP contribution in [0.15, 0.2) is 65.6 Å². The van der Waals surface area contributed by atoms with Gasteiger partial charge in [0.1, 0.15) is 11.9 Å². The van der Waals surface area contributed by atoms with Crippen LogP contribution >= 0.6 is 11.8 Å². The molecule has 2 atom stereocenters. The van der Waals surface area contributed by atoms with E-state index in [-0.39, 0.29) is 50.6 Å². The summed E-state index contributed by atoms with van der Waals surface area (Å²) in [5, 5.41) is 17.2. The number of hydrogen-bond donors (Lipinski definition) is 4. The first-order valence-electron chi connectivity index (χ1n) is 12.5. The van der Waals surface area contributed by atoms with Gasteiger partial charge in [0.15, 0.2) is 0 Å². The second kappa shape index (κ2) is 12.9. The number of aliphatic hydroxyl groups is 1. The number of aliphatic hydroxyl groups excluding tert-OH is 1. The van der Waals surface area contributed by atoms with Gasteiger partial charge in [-0.3, -0.25) is 14.4 Å². The number of fused-ring (bicyclic) bond motifs is 2. The molecule has 0 fully saturated rings. The molecule has 0 saturated heterocycles. The fraction of sp³-hybridized carbons (Fsp3) is 0.321. The summed E-state index contributed by atoms with van der Waals surface area (Å²) in [6, 6.07) is 16.9. The van der Waals surface area contributed by atoms with Crippen molar-refractivity contribution in [3.63, 3.8) is 0 Å². The zero-order valence-corrected chi connectivity index (χ0v) is 21.7. The topological polar surface area (TPSA) is 125 Å². The second-order valence-corrected chi connectivity index (χ2v) is 10.2. The molecule has 0 radical (unpaired) electrons. The molecule has 3 amide bonds. The highest BCUT2D eigenvalue weighted by Gasteiger charge is 2.26. The monoisotopic (exact) mass is 538 g/mol. The van der Waals surface area contributed by atoms with Crippen molar-refractivity contribution in [2.75, 3.05) is 30.3 Å². The molecule has 3 aromatic carbocycles. The van der Waals surface area contributed by atoms with Crippen LogP contribution in [0.2, 0.25) is 0 Å². The summed E-state index contributed by atoms with van der Waals surface area (Å²) in [5.41, 5.74) is 6.91. The number of halogens is 1. The Morgan fingerprint density at radius 2 is 1.92 bits per heavy atom. The minimum absolute atomic E-state index is 0.00580. The lowest BCUT2D eigenvalue weighted by Crippen LogP contribution is -2.50. The molecule has 1 heterocycles. The number of nitrogens with zero attached hydrogens (tertiary/aromatic N) is 1. The van der Waals surface area contributed by atoms with Gasteiger partial charge in [-0.05, 0) is 34.5 Å².